The Morgan fingerprint density at radius 3 is 1.85 bits per heavy atom. The normalized spacial score (nSPS) is 9.25. The van der Waals surface area contributed by atoms with E-state index in [0.717, 1.165) is 5.56 Å². The molecule has 0 saturated carbocycles. The van der Waals surface area contributed by atoms with E-state index in [1.165, 1.54) is 0 Å². The van der Waals surface area contributed by atoms with Gasteiger partial charge in [-0.05, 0) is 12.0 Å². The van der Waals surface area contributed by atoms with Gasteiger partial charge in [-0.15, -0.1) is 0 Å². The molecule has 0 heterocycles. The zero-order valence-corrected chi connectivity index (χ0v) is 10.7. The summed E-state index contributed by atoms with van der Waals surface area (Å²) >= 11 is 0. The molecular formula is C16H8N4. The molecule has 0 spiro atoms. The summed E-state index contributed by atoms with van der Waals surface area (Å²) in [5.74, 6) is 0. The number of nitriles is 4. The van der Waals surface area contributed by atoms with Gasteiger partial charge < -0.3 is 0 Å². The molecule has 0 aliphatic rings. The molecule has 2 rings (SSSR count). The number of fused-ring (bicyclic) bond motifs is 1. The van der Waals surface area contributed by atoms with E-state index in [1.54, 1.807) is 12.1 Å². The highest BCUT2D eigenvalue weighted by atomic mass is 14.3. The van der Waals surface area contributed by atoms with E-state index in [1.807, 2.05) is 37.3 Å². The summed E-state index contributed by atoms with van der Waals surface area (Å²) in [7, 11) is 0. The Morgan fingerprint density at radius 2 is 1.35 bits per heavy atom. The van der Waals surface area contributed by atoms with Crippen LogP contribution in [0, 0.1) is 45.3 Å². The fourth-order valence-electron chi connectivity index (χ4n) is 2.36. The van der Waals surface area contributed by atoms with Crippen molar-refractivity contribution in [2.75, 3.05) is 0 Å². The largest absolute Gasteiger partial charge is 0.192 e. The van der Waals surface area contributed by atoms with Gasteiger partial charge in [0, 0.05) is 10.8 Å². The third-order valence-electron chi connectivity index (χ3n) is 3.25. The first kappa shape index (κ1) is 13.1. The van der Waals surface area contributed by atoms with Crippen LogP contribution in [0.1, 0.15) is 34.7 Å². The van der Waals surface area contributed by atoms with Gasteiger partial charge in [-0.2, -0.15) is 21.0 Å². The smallest absolute Gasteiger partial charge is 0.102 e. The molecule has 0 N–H and O–H groups in total. The lowest BCUT2D eigenvalue weighted by atomic mass is 9.88. The van der Waals surface area contributed by atoms with Crippen molar-refractivity contribution in [3.63, 3.8) is 0 Å². The fraction of sp³-hybridized carbons (Fsp3) is 0.125. The van der Waals surface area contributed by atoms with Crippen molar-refractivity contribution in [2.45, 2.75) is 13.3 Å². The van der Waals surface area contributed by atoms with E-state index in [0.29, 0.717) is 17.2 Å². The fourth-order valence-corrected chi connectivity index (χ4v) is 2.36. The monoisotopic (exact) mass is 256 g/mol. The van der Waals surface area contributed by atoms with Crippen molar-refractivity contribution in [1.29, 1.82) is 21.0 Å². The Morgan fingerprint density at radius 1 is 0.800 bits per heavy atom. The number of aryl methyl sites for hydroxylation is 1. The molecule has 4 nitrogen and oxygen atoms in total. The van der Waals surface area contributed by atoms with Crippen LogP contribution in [0.3, 0.4) is 0 Å². The Bertz CT molecular complexity index is 881. The first-order valence-corrected chi connectivity index (χ1v) is 5.95. The second-order valence-electron chi connectivity index (χ2n) is 4.14. The van der Waals surface area contributed by atoms with E-state index in [9.17, 15) is 21.0 Å². The van der Waals surface area contributed by atoms with Crippen molar-refractivity contribution in [3.05, 3.63) is 46.0 Å². The third-order valence-corrected chi connectivity index (χ3v) is 3.25. The number of rotatable bonds is 1. The molecular weight excluding hydrogens is 248 g/mol. The van der Waals surface area contributed by atoms with E-state index in [-0.39, 0.29) is 22.3 Å². The summed E-state index contributed by atoms with van der Waals surface area (Å²) in [5, 5.41) is 38.3. The summed E-state index contributed by atoms with van der Waals surface area (Å²) in [6.07, 6.45) is 0.674. The summed E-state index contributed by atoms with van der Waals surface area (Å²) in [6.45, 7) is 1.94. The average Bonchev–Trinajstić information content (AvgIpc) is 2.51. The van der Waals surface area contributed by atoms with Gasteiger partial charge in [-0.1, -0.05) is 25.1 Å². The zero-order valence-electron chi connectivity index (χ0n) is 10.7. The molecule has 0 unspecified atom stereocenters. The summed E-state index contributed by atoms with van der Waals surface area (Å²) < 4.78 is 0. The van der Waals surface area contributed by atoms with Gasteiger partial charge in [0.25, 0.3) is 0 Å². The van der Waals surface area contributed by atoms with Crippen molar-refractivity contribution in [3.8, 4) is 24.3 Å². The number of hydrogen-bond acceptors (Lipinski definition) is 4. The number of nitrogens with zero attached hydrogens (tertiary/aromatic N) is 4. The third kappa shape index (κ3) is 1.65. The summed E-state index contributed by atoms with van der Waals surface area (Å²) in [6, 6.07) is 13.1. The average molecular weight is 256 g/mol. The highest BCUT2D eigenvalue weighted by molar-refractivity contribution is 5.98. The topological polar surface area (TPSA) is 95.2 Å². The molecule has 2 aromatic rings. The first-order chi connectivity index (χ1) is 9.73. The molecule has 0 bridgehead atoms. The Balaban J connectivity index is 3.24. The summed E-state index contributed by atoms with van der Waals surface area (Å²) in [5.41, 5.74) is 1.19. The minimum atomic E-state index is -0.0210. The minimum absolute atomic E-state index is 0.0139. The molecule has 0 atom stereocenters. The lowest BCUT2D eigenvalue weighted by molar-refractivity contribution is 1.16. The Labute approximate surface area is 116 Å². The van der Waals surface area contributed by atoms with Crippen molar-refractivity contribution < 1.29 is 0 Å². The van der Waals surface area contributed by atoms with Gasteiger partial charge in [-0.3, -0.25) is 0 Å². The minimum Gasteiger partial charge on any atom is -0.192 e. The molecule has 20 heavy (non-hydrogen) atoms. The van der Waals surface area contributed by atoms with Crippen LogP contribution in [0.15, 0.2) is 18.2 Å². The van der Waals surface area contributed by atoms with Crippen molar-refractivity contribution in [1.82, 2.24) is 0 Å². The molecule has 0 aliphatic heterocycles. The number of benzene rings is 2. The highest BCUT2D eigenvalue weighted by Gasteiger charge is 2.20. The van der Waals surface area contributed by atoms with E-state index in [2.05, 4.69) is 0 Å². The highest BCUT2D eigenvalue weighted by Crippen LogP contribution is 2.32. The van der Waals surface area contributed by atoms with Gasteiger partial charge in [0.15, 0.2) is 0 Å². The lowest BCUT2D eigenvalue weighted by Gasteiger charge is -2.11. The quantitative estimate of drug-likeness (QED) is 0.783. The predicted octanol–water partition coefficient (Wildman–Crippen LogP) is 2.89. The molecule has 92 valence electrons. The van der Waals surface area contributed by atoms with Gasteiger partial charge >= 0.3 is 0 Å². The van der Waals surface area contributed by atoms with E-state index < -0.39 is 0 Å². The predicted molar refractivity (Wildman–Crippen MR) is 72.2 cm³/mol. The molecule has 0 fully saturated rings. The number of hydrogen-bond donors (Lipinski definition) is 0. The van der Waals surface area contributed by atoms with Crippen LogP contribution < -0.4 is 0 Å². The maximum absolute atomic E-state index is 9.36. The van der Waals surface area contributed by atoms with Crippen LogP contribution in [0.4, 0.5) is 0 Å². The van der Waals surface area contributed by atoms with Crippen LogP contribution >= 0.6 is 0 Å². The molecule has 2 aromatic carbocycles. The molecule has 0 aromatic heterocycles. The maximum Gasteiger partial charge on any atom is 0.102 e. The maximum atomic E-state index is 9.36. The van der Waals surface area contributed by atoms with Crippen LogP contribution in [0.5, 0.6) is 0 Å². The standard InChI is InChI=1S/C16H8N4/c1-2-10-4-3-5-11-12(6-17)13(7-18)14(8-19)15(9-20)16(10)11/h3-5H,2H2,1H3. The Hall–Kier alpha value is -3.34. The van der Waals surface area contributed by atoms with E-state index >= 15 is 0 Å². The van der Waals surface area contributed by atoms with Crippen molar-refractivity contribution in [2.24, 2.45) is 0 Å². The lowest BCUT2D eigenvalue weighted by Crippen LogP contribution is -1.99. The molecule has 0 amide bonds. The van der Waals surface area contributed by atoms with Gasteiger partial charge in [0.2, 0.25) is 0 Å². The molecule has 0 saturated heterocycles. The molecule has 0 radical (unpaired) electrons. The van der Waals surface area contributed by atoms with E-state index in [4.69, 9.17) is 0 Å². The molecule has 4 heteroatoms. The first-order valence-electron chi connectivity index (χ1n) is 5.95. The zero-order chi connectivity index (χ0) is 14.7. The second-order valence-corrected chi connectivity index (χ2v) is 4.14. The molecule has 0 aliphatic carbocycles. The van der Waals surface area contributed by atoms with Gasteiger partial charge in [0.05, 0.1) is 22.3 Å². The van der Waals surface area contributed by atoms with Crippen LogP contribution in [0.25, 0.3) is 10.8 Å². The van der Waals surface area contributed by atoms with Crippen LogP contribution in [-0.2, 0) is 6.42 Å². The van der Waals surface area contributed by atoms with Crippen LogP contribution in [0.2, 0.25) is 0 Å². The van der Waals surface area contributed by atoms with Gasteiger partial charge in [0.1, 0.15) is 24.3 Å². The SMILES string of the molecule is CCc1cccc2c(C#N)c(C#N)c(C#N)c(C#N)c12. The van der Waals surface area contributed by atoms with Crippen molar-refractivity contribution >= 4 is 10.8 Å². The summed E-state index contributed by atoms with van der Waals surface area (Å²) in [4.78, 5) is 0. The Kier molecular flexibility index (Phi) is 3.35. The van der Waals surface area contributed by atoms with Gasteiger partial charge in [-0.25, -0.2) is 0 Å². The second kappa shape index (κ2) is 5.11. The van der Waals surface area contributed by atoms with Crippen LogP contribution in [-0.4, -0.2) is 0 Å².